The molecule has 1 aliphatic rings. The van der Waals surface area contributed by atoms with E-state index in [2.05, 4.69) is 0 Å². The van der Waals surface area contributed by atoms with Crippen LogP contribution in [0.25, 0.3) is 28.5 Å². The molecule has 1 aromatic heterocycles. The zero-order valence-electron chi connectivity index (χ0n) is 24.5. The van der Waals surface area contributed by atoms with Gasteiger partial charge in [0.05, 0.1) is 41.2 Å². The van der Waals surface area contributed by atoms with Crippen molar-refractivity contribution < 1.29 is 41.3 Å². The van der Waals surface area contributed by atoms with Crippen molar-refractivity contribution in [2.45, 2.75) is 69.0 Å². The Morgan fingerprint density at radius 3 is 2.36 bits per heavy atom. The van der Waals surface area contributed by atoms with Crippen molar-refractivity contribution in [2.24, 2.45) is 0 Å². The SMILES string of the molecule is CC(C)c1nc2c(c(-c3ccc(F)cc3)c1/C=C/[C@@H](O)C[C@@H](O)CC(=O)O)CCCc1ccc(S(=O)(=O)NS(C)(=O)=O)cc1-2. The summed E-state index contributed by atoms with van der Waals surface area (Å²) in [4.78, 5) is 15.7. The first-order valence-electron chi connectivity index (χ1n) is 14.0. The Hall–Kier alpha value is -3.49. The van der Waals surface area contributed by atoms with E-state index in [0.717, 1.165) is 17.4 Å². The number of hydrogen-bond acceptors (Lipinski definition) is 8. The maximum Gasteiger partial charge on any atom is 0.305 e. The van der Waals surface area contributed by atoms with Gasteiger partial charge in [-0.2, -0.15) is 0 Å². The van der Waals surface area contributed by atoms with Gasteiger partial charge in [0.25, 0.3) is 10.0 Å². The summed E-state index contributed by atoms with van der Waals surface area (Å²) in [5, 5.41) is 29.6. The fourth-order valence-electron chi connectivity index (χ4n) is 5.39. The Balaban J connectivity index is 1.96. The number of aliphatic hydroxyl groups excluding tert-OH is 2. The topological polar surface area (TPSA) is 171 Å². The van der Waals surface area contributed by atoms with Crippen molar-refractivity contribution in [1.29, 1.82) is 0 Å². The van der Waals surface area contributed by atoms with Gasteiger partial charge >= 0.3 is 5.97 Å². The van der Waals surface area contributed by atoms with Crippen LogP contribution < -0.4 is 4.13 Å². The minimum atomic E-state index is -4.41. The number of aliphatic carboxylic acids is 1. The summed E-state index contributed by atoms with van der Waals surface area (Å²) in [5.74, 6) is -1.79. The highest BCUT2D eigenvalue weighted by Gasteiger charge is 2.28. The predicted molar refractivity (Wildman–Crippen MR) is 164 cm³/mol. The molecular formula is C31H35FN2O8S2. The molecule has 0 saturated carbocycles. The van der Waals surface area contributed by atoms with Crippen LogP contribution in [-0.2, 0) is 37.7 Å². The fraction of sp³-hybridized carbons (Fsp3) is 0.355. The first-order chi connectivity index (χ1) is 20.6. The number of nitrogens with one attached hydrogen (secondary N) is 1. The molecule has 0 spiro atoms. The molecule has 0 bridgehead atoms. The van der Waals surface area contributed by atoms with Crippen molar-refractivity contribution in [1.82, 2.24) is 9.11 Å². The number of aryl methyl sites for hydroxylation is 1. The molecule has 0 fully saturated rings. The third-order valence-electron chi connectivity index (χ3n) is 7.23. The van der Waals surface area contributed by atoms with Crippen molar-refractivity contribution in [2.75, 3.05) is 6.26 Å². The standard InChI is InChI=1S/C31H35FN2O8S2/c1-18(2)30-26(14-12-22(35)15-23(36)16-28(37)38)29(20-7-10-21(32)11-8-20)25-6-4-5-19-9-13-24(17-27(19)31(25)33-30)44(41,42)34-43(3,39)40/h7-14,17-18,22-23,34-36H,4-6,15-16H2,1-3H3,(H,37,38)/b14-12+/t22-,23-/m1/s1. The number of benzene rings is 2. The first kappa shape index (κ1) is 33.4. The lowest BCUT2D eigenvalue weighted by atomic mass is 9.86. The second-order valence-electron chi connectivity index (χ2n) is 11.2. The maximum atomic E-state index is 14.0. The number of carboxylic acid groups (broad SMARTS) is 1. The van der Waals surface area contributed by atoms with E-state index in [1.54, 1.807) is 28.4 Å². The van der Waals surface area contributed by atoms with E-state index in [4.69, 9.17) is 10.1 Å². The molecule has 10 nitrogen and oxygen atoms in total. The number of aliphatic hydroxyl groups is 2. The third kappa shape index (κ3) is 7.96. The molecule has 0 saturated heterocycles. The molecule has 2 atom stereocenters. The van der Waals surface area contributed by atoms with Gasteiger partial charge in [-0.15, -0.1) is 4.13 Å². The van der Waals surface area contributed by atoms with Crippen LogP contribution in [0.5, 0.6) is 0 Å². The van der Waals surface area contributed by atoms with Crippen LogP contribution in [0.4, 0.5) is 4.39 Å². The molecule has 1 heterocycles. The Labute approximate surface area is 256 Å². The quantitative estimate of drug-likeness (QED) is 0.240. The molecule has 0 unspecified atom stereocenters. The Bertz CT molecular complexity index is 1800. The van der Waals surface area contributed by atoms with Crippen LogP contribution in [0, 0.1) is 5.82 Å². The summed E-state index contributed by atoms with van der Waals surface area (Å²) in [7, 11) is -8.48. The number of rotatable bonds is 11. The molecule has 4 N–H and O–H groups in total. The monoisotopic (exact) mass is 646 g/mol. The van der Waals surface area contributed by atoms with Gasteiger partial charge in [-0.3, -0.25) is 9.78 Å². The Morgan fingerprint density at radius 2 is 1.75 bits per heavy atom. The molecule has 0 aliphatic heterocycles. The van der Waals surface area contributed by atoms with Gasteiger partial charge in [0.2, 0.25) is 10.0 Å². The highest BCUT2D eigenvalue weighted by molar-refractivity contribution is 8.04. The summed E-state index contributed by atoms with van der Waals surface area (Å²) in [6.07, 6.45) is 2.56. The molecule has 2 aromatic carbocycles. The first-order valence-corrected chi connectivity index (χ1v) is 17.4. The lowest BCUT2D eigenvalue weighted by Gasteiger charge is -2.22. The number of aromatic nitrogens is 1. The lowest BCUT2D eigenvalue weighted by Crippen LogP contribution is -2.29. The summed E-state index contributed by atoms with van der Waals surface area (Å²) in [6, 6.07) is 10.3. The number of sulfonamides is 2. The number of fused-ring (bicyclic) bond motifs is 3. The van der Waals surface area contributed by atoms with E-state index >= 15 is 0 Å². The largest absolute Gasteiger partial charge is 0.481 e. The summed E-state index contributed by atoms with van der Waals surface area (Å²) in [5.41, 5.74) is 5.28. The number of nitrogens with zero attached hydrogens (tertiary/aromatic N) is 1. The highest BCUT2D eigenvalue weighted by atomic mass is 32.3. The number of carboxylic acids is 1. The predicted octanol–water partition coefficient (Wildman–Crippen LogP) is 4.00. The van der Waals surface area contributed by atoms with Gasteiger partial charge in [-0.25, -0.2) is 21.2 Å². The van der Waals surface area contributed by atoms with Crippen molar-refractivity contribution in [3.05, 3.63) is 76.7 Å². The van der Waals surface area contributed by atoms with E-state index in [-0.39, 0.29) is 17.2 Å². The molecule has 3 aromatic rings. The van der Waals surface area contributed by atoms with Crippen LogP contribution in [0.3, 0.4) is 0 Å². The summed E-state index contributed by atoms with van der Waals surface area (Å²) >= 11 is 0. The molecule has 13 heteroatoms. The van der Waals surface area contributed by atoms with Crippen molar-refractivity contribution in [3.63, 3.8) is 0 Å². The van der Waals surface area contributed by atoms with E-state index in [1.807, 2.05) is 13.8 Å². The van der Waals surface area contributed by atoms with Gasteiger partial charge in [0, 0.05) is 17.5 Å². The highest BCUT2D eigenvalue weighted by Crippen LogP contribution is 2.42. The average molecular weight is 647 g/mol. The summed E-state index contributed by atoms with van der Waals surface area (Å²) in [6.45, 7) is 3.84. The summed E-state index contributed by atoms with van der Waals surface area (Å²) < 4.78 is 65.1. The van der Waals surface area contributed by atoms with E-state index in [1.165, 1.54) is 30.3 Å². The Kier molecular flexibility index (Phi) is 10.1. The number of halogens is 1. The van der Waals surface area contributed by atoms with Crippen molar-refractivity contribution in [3.8, 4) is 22.4 Å². The molecule has 1 aliphatic carbocycles. The number of hydrogen-bond donors (Lipinski definition) is 4. The number of pyridine rings is 1. The van der Waals surface area contributed by atoms with Gasteiger partial charge in [0.15, 0.2) is 0 Å². The molecule has 44 heavy (non-hydrogen) atoms. The van der Waals surface area contributed by atoms with Gasteiger partial charge < -0.3 is 15.3 Å². The second kappa shape index (κ2) is 13.2. The van der Waals surface area contributed by atoms with Gasteiger partial charge in [0.1, 0.15) is 5.82 Å². The molecule has 0 radical (unpaired) electrons. The zero-order valence-corrected chi connectivity index (χ0v) is 26.1. The minimum Gasteiger partial charge on any atom is -0.481 e. The van der Waals surface area contributed by atoms with Gasteiger partial charge in [-0.05, 0) is 71.7 Å². The Morgan fingerprint density at radius 1 is 1.07 bits per heavy atom. The van der Waals surface area contributed by atoms with E-state index < -0.39 is 50.5 Å². The smallest absolute Gasteiger partial charge is 0.305 e. The van der Waals surface area contributed by atoms with E-state index in [0.29, 0.717) is 52.9 Å². The van der Waals surface area contributed by atoms with Crippen LogP contribution in [0.1, 0.15) is 61.4 Å². The lowest BCUT2D eigenvalue weighted by molar-refractivity contribution is -0.139. The zero-order chi connectivity index (χ0) is 32.4. The van der Waals surface area contributed by atoms with Crippen molar-refractivity contribution >= 4 is 32.1 Å². The maximum absolute atomic E-state index is 14.0. The normalized spacial score (nSPS) is 15.1. The molecule has 0 amide bonds. The van der Waals surface area contributed by atoms with Crippen LogP contribution >= 0.6 is 0 Å². The average Bonchev–Trinajstić information content (AvgIpc) is 3.08. The molecule has 4 rings (SSSR count). The number of carbonyl (C=O) groups is 1. The second-order valence-corrected chi connectivity index (χ2v) is 14.9. The minimum absolute atomic E-state index is 0.167. The van der Waals surface area contributed by atoms with Gasteiger partial charge in [-0.1, -0.05) is 44.2 Å². The fourth-order valence-corrected chi connectivity index (χ4v) is 7.89. The van der Waals surface area contributed by atoms with E-state index in [9.17, 15) is 36.2 Å². The molecule has 236 valence electrons. The molecular weight excluding hydrogens is 611 g/mol. The third-order valence-corrected chi connectivity index (χ3v) is 10.2. The van der Waals surface area contributed by atoms with Crippen LogP contribution in [0.2, 0.25) is 0 Å². The van der Waals surface area contributed by atoms with Crippen LogP contribution in [-0.4, -0.2) is 61.6 Å². The van der Waals surface area contributed by atoms with Crippen LogP contribution in [0.15, 0.2) is 53.4 Å².